The van der Waals surface area contributed by atoms with Crippen LogP contribution in [0.1, 0.15) is 72.8 Å². The molecule has 1 saturated heterocycles. The molecule has 1 fully saturated rings. The molecule has 0 aromatic heterocycles. The number of amides is 2. The minimum Gasteiger partial charge on any atom is -0.388 e. The summed E-state index contributed by atoms with van der Waals surface area (Å²) in [7, 11) is 0. The molecule has 3 unspecified atom stereocenters. The van der Waals surface area contributed by atoms with Gasteiger partial charge in [0.05, 0.1) is 11.6 Å². The van der Waals surface area contributed by atoms with E-state index in [0.29, 0.717) is 12.3 Å². The molecule has 0 spiro atoms. The van der Waals surface area contributed by atoms with Gasteiger partial charge in [-0.2, -0.15) is 0 Å². The summed E-state index contributed by atoms with van der Waals surface area (Å²) in [6.07, 6.45) is 1.58. The number of nitrogens with one attached hydrogen (secondary N) is 2. The summed E-state index contributed by atoms with van der Waals surface area (Å²) in [4.78, 5) is 15.0. The van der Waals surface area contributed by atoms with Gasteiger partial charge in [-0.15, -0.1) is 0 Å². The first-order chi connectivity index (χ1) is 14.7. The number of carbonyl (C=O) groups is 1. The number of piperidine rings is 1. The number of halogens is 1. The molecule has 2 rings (SSSR count). The highest BCUT2D eigenvalue weighted by Crippen LogP contribution is 2.44. The molecule has 1 aromatic rings. The van der Waals surface area contributed by atoms with E-state index in [0.717, 1.165) is 30.2 Å². The van der Waals surface area contributed by atoms with Crippen molar-refractivity contribution >= 4 is 17.6 Å². The third-order valence-corrected chi connectivity index (χ3v) is 7.03. The molecule has 1 aliphatic heterocycles. The lowest BCUT2D eigenvalue weighted by atomic mass is 9.70. The predicted octanol–water partition coefficient (Wildman–Crippen LogP) is 5.54. The summed E-state index contributed by atoms with van der Waals surface area (Å²) in [6, 6.07) is 7.69. The molecule has 6 heteroatoms. The van der Waals surface area contributed by atoms with Crippen LogP contribution in [0.2, 0.25) is 5.02 Å². The summed E-state index contributed by atoms with van der Waals surface area (Å²) >= 11 is 6.09. The second-order valence-corrected chi connectivity index (χ2v) is 11.7. The number of carbonyl (C=O) groups excluding carboxylic acids is 1. The number of benzene rings is 1. The van der Waals surface area contributed by atoms with Crippen molar-refractivity contribution < 1.29 is 9.90 Å². The van der Waals surface area contributed by atoms with Crippen molar-refractivity contribution in [1.82, 2.24) is 15.5 Å². The highest BCUT2D eigenvalue weighted by molar-refractivity contribution is 6.30. The van der Waals surface area contributed by atoms with Gasteiger partial charge in [-0.3, -0.25) is 0 Å². The standard InChI is InChI=1S/C26H42ClN3O2/c1-9-26(8,32)16-28-23(31)29-22(24(3,4)5)18(2)30-15-14-21(25(6,7)17-30)19-10-12-20(27)13-11-19/h10-13,21-22,32H,2,9,14-17H2,1,3-8H3,(H2,28,29,31). The average Bonchev–Trinajstić information content (AvgIpc) is 2.69. The maximum Gasteiger partial charge on any atom is 0.315 e. The molecular weight excluding hydrogens is 422 g/mol. The molecule has 3 atom stereocenters. The third-order valence-electron chi connectivity index (χ3n) is 6.77. The first-order valence-electron chi connectivity index (χ1n) is 11.6. The largest absolute Gasteiger partial charge is 0.388 e. The van der Waals surface area contributed by atoms with Crippen LogP contribution < -0.4 is 10.6 Å². The van der Waals surface area contributed by atoms with Crippen LogP contribution >= 0.6 is 11.6 Å². The fourth-order valence-corrected chi connectivity index (χ4v) is 4.60. The summed E-state index contributed by atoms with van der Waals surface area (Å²) in [5, 5.41) is 16.9. The Labute approximate surface area is 199 Å². The molecule has 0 bridgehead atoms. The lowest BCUT2D eigenvalue weighted by Crippen LogP contribution is -2.55. The molecule has 1 aliphatic rings. The second-order valence-electron chi connectivity index (χ2n) is 11.3. The van der Waals surface area contributed by atoms with Crippen LogP contribution in [0.15, 0.2) is 36.5 Å². The third kappa shape index (κ3) is 6.89. The van der Waals surface area contributed by atoms with Gasteiger partial charge in [0, 0.05) is 30.4 Å². The zero-order valence-electron chi connectivity index (χ0n) is 20.9. The Kier molecular flexibility index (Phi) is 8.33. The van der Waals surface area contributed by atoms with Gasteiger partial charge in [0.25, 0.3) is 0 Å². The van der Waals surface area contributed by atoms with Gasteiger partial charge >= 0.3 is 6.03 Å². The van der Waals surface area contributed by atoms with Crippen LogP contribution in [0.5, 0.6) is 0 Å². The first kappa shape index (κ1) is 26.5. The summed E-state index contributed by atoms with van der Waals surface area (Å²) in [5.74, 6) is 0.435. The monoisotopic (exact) mass is 463 g/mol. The Hall–Kier alpha value is -1.72. The number of aliphatic hydroxyl groups is 1. The van der Waals surface area contributed by atoms with Crippen molar-refractivity contribution in [3.63, 3.8) is 0 Å². The lowest BCUT2D eigenvalue weighted by Gasteiger charge is -2.48. The maximum atomic E-state index is 12.6. The normalized spacial score (nSPS) is 21.4. The van der Waals surface area contributed by atoms with Gasteiger partial charge in [0.2, 0.25) is 0 Å². The Morgan fingerprint density at radius 1 is 1.28 bits per heavy atom. The maximum absolute atomic E-state index is 12.6. The quantitative estimate of drug-likeness (QED) is 0.497. The van der Waals surface area contributed by atoms with E-state index in [9.17, 15) is 9.90 Å². The first-order valence-corrected chi connectivity index (χ1v) is 12.0. The number of nitrogens with zero attached hydrogens (tertiary/aromatic N) is 1. The van der Waals surface area contributed by atoms with Crippen molar-refractivity contribution in [3.8, 4) is 0 Å². The number of urea groups is 1. The van der Waals surface area contributed by atoms with Gasteiger partial charge in [-0.25, -0.2) is 4.79 Å². The van der Waals surface area contributed by atoms with Crippen molar-refractivity contribution in [2.24, 2.45) is 10.8 Å². The fourth-order valence-electron chi connectivity index (χ4n) is 4.47. The molecule has 3 N–H and O–H groups in total. The molecule has 5 nitrogen and oxygen atoms in total. The number of hydrogen-bond donors (Lipinski definition) is 3. The van der Waals surface area contributed by atoms with Crippen LogP contribution in [0.4, 0.5) is 4.79 Å². The highest BCUT2D eigenvalue weighted by Gasteiger charge is 2.40. The van der Waals surface area contributed by atoms with Gasteiger partial charge in [-0.05, 0) is 54.2 Å². The van der Waals surface area contributed by atoms with E-state index in [1.54, 1.807) is 6.92 Å². The van der Waals surface area contributed by atoms with E-state index < -0.39 is 5.60 Å². The summed E-state index contributed by atoms with van der Waals surface area (Å²) in [5.41, 5.74) is 1.16. The Morgan fingerprint density at radius 3 is 2.38 bits per heavy atom. The van der Waals surface area contributed by atoms with Crippen molar-refractivity contribution in [2.75, 3.05) is 19.6 Å². The van der Waals surface area contributed by atoms with Gasteiger partial charge in [-0.1, -0.05) is 71.9 Å². The van der Waals surface area contributed by atoms with Crippen LogP contribution in [0, 0.1) is 10.8 Å². The number of likely N-dealkylation sites (tertiary alicyclic amines) is 1. The van der Waals surface area contributed by atoms with E-state index in [-0.39, 0.29) is 29.4 Å². The summed E-state index contributed by atoms with van der Waals surface area (Å²) in [6.45, 7) is 20.9. The number of hydrogen-bond acceptors (Lipinski definition) is 3. The molecule has 2 amide bonds. The zero-order valence-corrected chi connectivity index (χ0v) is 21.6. The van der Waals surface area contributed by atoms with Gasteiger partial charge in [0.15, 0.2) is 0 Å². The van der Waals surface area contributed by atoms with E-state index >= 15 is 0 Å². The van der Waals surface area contributed by atoms with Gasteiger partial charge in [0.1, 0.15) is 0 Å². The van der Waals surface area contributed by atoms with E-state index in [1.165, 1.54) is 5.56 Å². The molecule has 1 aromatic carbocycles. The van der Waals surface area contributed by atoms with Gasteiger partial charge < -0.3 is 20.6 Å². The van der Waals surface area contributed by atoms with E-state index in [2.05, 4.69) is 68.9 Å². The summed E-state index contributed by atoms with van der Waals surface area (Å²) < 4.78 is 0. The zero-order chi connectivity index (χ0) is 24.3. The Balaban J connectivity index is 2.10. The SMILES string of the molecule is C=C(C(NC(=O)NCC(C)(O)CC)C(C)(C)C)N1CCC(c2ccc(Cl)cc2)C(C)(C)C1. The molecule has 180 valence electrons. The van der Waals surface area contributed by atoms with Crippen LogP contribution in [-0.4, -0.2) is 47.3 Å². The molecule has 0 saturated carbocycles. The smallest absolute Gasteiger partial charge is 0.315 e. The van der Waals surface area contributed by atoms with E-state index in [4.69, 9.17) is 11.6 Å². The minimum atomic E-state index is -0.918. The topological polar surface area (TPSA) is 64.6 Å². The molecule has 0 radical (unpaired) electrons. The second kappa shape index (κ2) is 10.0. The molecule has 0 aliphatic carbocycles. The van der Waals surface area contributed by atoms with Crippen molar-refractivity contribution in [3.05, 3.63) is 47.1 Å². The average molecular weight is 464 g/mol. The number of rotatable bonds is 7. The molecule has 1 heterocycles. The minimum absolute atomic E-state index is 0.0412. The molecule has 32 heavy (non-hydrogen) atoms. The molecular formula is C26H42ClN3O2. The fraction of sp³-hybridized carbons (Fsp3) is 0.654. The Morgan fingerprint density at radius 2 is 1.88 bits per heavy atom. The Bertz CT molecular complexity index is 796. The van der Waals surface area contributed by atoms with Crippen LogP contribution in [0.3, 0.4) is 0 Å². The highest BCUT2D eigenvalue weighted by atomic mass is 35.5. The predicted molar refractivity (Wildman–Crippen MR) is 134 cm³/mol. The van der Waals surface area contributed by atoms with Crippen LogP contribution in [-0.2, 0) is 0 Å². The van der Waals surface area contributed by atoms with Crippen molar-refractivity contribution in [1.29, 1.82) is 0 Å². The van der Waals surface area contributed by atoms with Crippen LogP contribution in [0.25, 0.3) is 0 Å². The van der Waals surface area contributed by atoms with Crippen molar-refractivity contribution in [2.45, 2.75) is 78.9 Å². The lowest BCUT2D eigenvalue weighted by molar-refractivity contribution is 0.0576. The van der Waals surface area contributed by atoms with E-state index in [1.807, 2.05) is 19.1 Å².